The van der Waals surface area contributed by atoms with Crippen molar-refractivity contribution < 1.29 is 5.48 Å². The third-order valence-corrected chi connectivity index (χ3v) is 10.4. The standard InChI is InChI=1S/C8H18.2C7H16.3C6H14.3C4H10/c1-7(2,3)8(4,5)6;2*1-6(2)7(3,4)5;2*1-5-6(2,3)4;1-5(2)6(3)4;3*1-3-4-2/h1-6H3;2*6H,1-5H3;2*5H2,1-4H3;5-6H,1-4H3;3*3-4H2,1-2H3/i;;;;;;2*3D2;. The molecule has 0 bridgehead atoms. The van der Waals surface area contributed by atoms with Gasteiger partial charge in [0.2, 0.25) is 0 Å². The highest BCUT2D eigenvalue weighted by Crippen LogP contribution is 2.36. The van der Waals surface area contributed by atoms with Gasteiger partial charge in [-0.2, -0.15) is 0 Å². The van der Waals surface area contributed by atoms with Crippen LogP contribution in [-0.2, 0) is 0 Å². The first-order valence-corrected chi connectivity index (χ1v) is 21.9. The van der Waals surface area contributed by atoms with E-state index in [4.69, 9.17) is 5.48 Å². The van der Waals surface area contributed by atoms with Crippen LogP contribution in [-0.4, -0.2) is 0 Å². The van der Waals surface area contributed by atoms with Gasteiger partial charge in [0.1, 0.15) is 0 Å². The molecule has 0 N–H and O–H groups in total. The Hall–Kier alpha value is 0. The predicted octanol–water partition coefficient (Wildman–Crippen LogP) is 21.1. The topological polar surface area (TPSA) is 0 Å². The van der Waals surface area contributed by atoms with Gasteiger partial charge in [-0.15, -0.1) is 0 Å². The fourth-order valence-corrected chi connectivity index (χ4v) is 0. The molecule has 0 aromatic heterocycles. The highest BCUT2D eigenvalue weighted by Gasteiger charge is 2.26. The van der Waals surface area contributed by atoms with Gasteiger partial charge in [0.15, 0.2) is 0 Å². The number of rotatable bonds is 4. The average Bonchev–Trinajstić information content (AvgIpc) is 2.96. The highest BCUT2D eigenvalue weighted by molar-refractivity contribution is 4.77. The van der Waals surface area contributed by atoms with Crippen LogP contribution in [0.1, 0.15) is 292 Å². The molecule has 330 valence electrons. The Morgan fingerprint density at radius 2 is 0.442 bits per heavy atom. The number of hydrogen-bond acceptors (Lipinski definition) is 0. The molecular formula is C52H122. The summed E-state index contributed by atoms with van der Waals surface area (Å²) < 4.78 is 27.4. The summed E-state index contributed by atoms with van der Waals surface area (Å²) in [5, 5.41) is 0. The molecule has 0 radical (unpaired) electrons. The molecule has 0 rings (SSSR count). The lowest BCUT2D eigenvalue weighted by Gasteiger charge is -2.34. The molecule has 0 fully saturated rings. The van der Waals surface area contributed by atoms with Crippen LogP contribution in [0.15, 0.2) is 0 Å². The van der Waals surface area contributed by atoms with E-state index in [2.05, 4.69) is 208 Å². The molecule has 0 aliphatic heterocycles. The lowest BCUT2D eigenvalue weighted by Crippen LogP contribution is -2.25. The highest BCUT2D eigenvalue weighted by atomic mass is 14.3. The number of hydrogen-bond donors (Lipinski definition) is 0. The molecule has 0 aromatic rings. The van der Waals surface area contributed by atoms with Gasteiger partial charge in [0, 0.05) is 5.48 Å². The van der Waals surface area contributed by atoms with Crippen molar-refractivity contribution in [2.24, 2.45) is 56.2 Å². The van der Waals surface area contributed by atoms with Gasteiger partial charge in [-0.05, 0) is 56.2 Å². The van der Waals surface area contributed by atoms with Crippen LogP contribution in [0.25, 0.3) is 0 Å². The summed E-state index contributed by atoms with van der Waals surface area (Å²) in [6, 6.07) is 0. The van der Waals surface area contributed by atoms with E-state index in [-0.39, 0.29) is 0 Å². The summed E-state index contributed by atoms with van der Waals surface area (Å²) in [7, 11) is 0. The zero-order valence-electron chi connectivity index (χ0n) is 48.6. The maximum absolute atomic E-state index is 6.85. The van der Waals surface area contributed by atoms with Crippen LogP contribution in [0.5, 0.6) is 0 Å². The van der Waals surface area contributed by atoms with Gasteiger partial charge in [0.25, 0.3) is 0 Å². The Balaban J connectivity index is -0.0000000637. The van der Waals surface area contributed by atoms with Crippen LogP contribution < -0.4 is 0 Å². The molecule has 0 heterocycles. The van der Waals surface area contributed by atoms with Crippen molar-refractivity contribution >= 4 is 0 Å². The second kappa shape index (κ2) is 40.7. The summed E-state index contributed by atoms with van der Waals surface area (Å²) in [5.74, 6) is 3.30. The van der Waals surface area contributed by atoms with E-state index in [1.807, 2.05) is 13.8 Å². The van der Waals surface area contributed by atoms with Gasteiger partial charge >= 0.3 is 0 Å². The number of unbranched alkanes of at least 4 members (excludes halogenated alkanes) is 1. The van der Waals surface area contributed by atoms with E-state index in [9.17, 15) is 0 Å². The second-order valence-electron chi connectivity index (χ2n) is 22.3. The van der Waals surface area contributed by atoms with Crippen LogP contribution in [0.2, 0.25) is 0 Å². The first-order chi connectivity index (χ1) is 23.9. The van der Waals surface area contributed by atoms with E-state index in [0.29, 0.717) is 45.3 Å². The van der Waals surface area contributed by atoms with E-state index < -0.39 is 12.7 Å². The summed E-state index contributed by atoms with van der Waals surface area (Å²) >= 11 is 0. The summed E-state index contributed by atoms with van der Waals surface area (Å²) in [5.41, 5.74) is 2.96. The Morgan fingerprint density at radius 1 is 0.327 bits per heavy atom. The van der Waals surface area contributed by atoms with Crippen molar-refractivity contribution in [2.75, 3.05) is 0 Å². The van der Waals surface area contributed by atoms with E-state index in [0.717, 1.165) is 23.7 Å². The zero-order chi connectivity index (χ0) is 48.6. The minimum atomic E-state index is -0.958. The Labute approximate surface area is 347 Å². The van der Waals surface area contributed by atoms with Crippen molar-refractivity contribution in [3.8, 4) is 0 Å². The van der Waals surface area contributed by atoms with Gasteiger partial charge < -0.3 is 0 Å². The quantitative estimate of drug-likeness (QED) is 0.268. The van der Waals surface area contributed by atoms with E-state index in [1.165, 1.54) is 25.7 Å². The molecule has 0 aromatic carbocycles. The van der Waals surface area contributed by atoms with E-state index in [1.54, 1.807) is 13.8 Å². The molecule has 0 amide bonds. The third-order valence-electron chi connectivity index (χ3n) is 10.4. The predicted molar refractivity (Wildman–Crippen MR) is 258 cm³/mol. The van der Waals surface area contributed by atoms with E-state index >= 15 is 0 Å². The maximum atomic E-state index is 6.85. The van der Waals surface area contributed by atoms with Crippen molar-refractivity contribution in [3.05, 3.63) is 0 Å². The van der Waals surface area contributed by atoms with Gasteiger partial charge in [-0.25, -0.2) is 0 Å². The SMILES string of the molecule is CC(C)(C)C(C)(C)C.CC(C)C(C)(C)C.CC(C)C(C)(C)C.CC(C)C(C)C.CCC(C)(C)C.CCC(C)(C)C.CCCC.[2H]C([2H])(C)CC.[2H]C([2H])(C)CC. The van der Waals surface area contributed by atoms with Gasteiger partial charge in [0.05, 0.1) is 0 Å². The van der Waals surface area contributed by atoms with Crippen LogP contribution in [0.3, 0.4) is 0 Å². The van der Waals surface area contributed by atoms with Crippen LogP contribution in [0, 0.1) is 56.2 Å². The molecule has 52 heavy (non-hydrogen) atoms. The molecule has 0 aliphatic rings. The van der Waals surface area contributed by atoms with Crippen LogP contribution >= 0.6 is 0 Å². The monoisotopic (exact) mass is 751 g/mol. The molecule has 0 aliphatic carbocycles. The smallest absolute Gasteiger partial charge is 0.0264 e. The Morgan fingerprint density at radius 3 is 0.442 bits per heavy atom. The van der Waals surface area contributed by atoms with Crippen LogP contribution in [0.4, 0.5) is 0 Å². The first kappa shape index (κ1) is 61.2. The lowest BCUT2D eigenvalue weighted by atomic mass is 9.71. The second-order valence-corrected chi connectivity index (χ2v) is 22.3. The Kier molecular flexibility index (Phi) is 47.9. The van der Waals surface area contributed by atoms with Crippen molar-refractivity contribution in [1.82, 2.24) is 0 Å². The molecule has 0 atom stereocenters. The average molecular weight is 752 g/mol. The third kappa shape index (κ3) is 104. The molecule has 0 unspecified atom stereocenters. The fourth-order valence-electron chi connectivity index (χ4n) is 0. The normalized spacial score (nSPS) is 13.1. The molecule has 0 saturated carbocycles. The van der Waals surface area contributed by atoms with Gasteiger partial charge in [-0.3, -0.25) is 0 Å². The zero-order valence-corrected chi connectivity index (χ0v) is 44.6. The van der Waals surface area contributed by atoms with Crippen molar-refractivity contribution in [2.45, 2.75) is 287 Å². The Bertz CT molecular complexity index is 641. The molecular weight excluding hydrogens is 625 g/mol. The summed E-state index contributed by atoms with van der Waals surface area (Å²) in [4.78, 5) is 0. The molecule has 0 nitrogen and oxygen atoms in total. The minimum absolute atomic E-state index is 0.437. The molecule has 0 saturated heterocycles. The summed E-state index contributed by atoms with van der Waals surface area (Å²) in [6.07, 6.45) is 4.47. The first-order valence-electron chi connectivity index (χ1n) is 23.9. The van der Waals surface area contributed by atoms with Crippen molar-refractivity contribution in [3.63, 3.8) is 0 Å². The van der Waals surface area contributed by atoms with Gasteiger partial charge in [-0.1, -0.05) is 287 Å². The largest absolute Gasteiger partial charge is 0.0654 e. The lowest BCUT2D eigenvalue weighted by molar-refractivity contribution is 0.157. The molecule has 0 heteroatoms. The minimum Gasteiger partial charge on any atom is -0.0654 e. The van der Waals surface area contributed by atoms with Crippen molar-refractivity contribution in [1.29, 1.82) is 0 Å². The molecule has 0 spiro atoms. The fraction of sp³-hybridized carbons (Fsp3) is 1.00. The summed E-state index contributed by atoms with van der Waals surface area (Å²) in [6.45, 7) is 74.2. The maximum Gasteiger partial charge on any atom is 0.0264 e.